The van der Waals surface area contributed by atoms with Gasteiger partial charge in [0, 0.05) is 0 Å². The van der Waals surface area contributed by atoms with E-state index in [1.807, 2.05) is 6.08 Å². The van der Waals surface area contributed by atoms with Crippen molar-refractivity contribution in [2.45, 2.75) is 71.6 Å². The molecule has 0 aliphatic rings. The van der Waals surface area contributed by atoms with Crippen LogP contribution < -0.4 is 0 Å². The molecule has 0 aliphatic carbocycles. The van der Waals surface area contributed by atoms with E-state index in [-0.39, 0.29) is 6.79 Å². The van der Waals surface area contributed by atoms with E-state index >= 15 is 0 Å². The molecular weight excluding hydrogens is 240 g/mol. The molecule has 0 aromatic heterocycles. The maximum atomic E-state index is 10.8. The standard InChI is InChI=1S/C16H30O3/c1-3-5-7-9-11-13-18-15-19-16(14-17)12-10-8-6-4-2/h12,14H,3-11,13,15H2,1-2H3/b16-12+. The molecule has 0 radical (unpaired) electrons. The lowest BCUT2D eigenvalue weighted by molar-refractivity contribution is -0.111. The Bertz CT molecular complexity index is 224. The van der Waals surface area contributed by atoms with Gasteiger partial charge in [-0.3, -0.25) is 4.79 Å². The summed E-state index contributed by atoms with van der Waals surface area (Å²) in [5.74, 6) is 0.405. The first kappa shape index (κ1) is 18.2. The van der Waals surface area contributed by atoms with Gasteiger partial charge >= 0.3 is 0 Å². The molecular formula is C16H30O3. The molecule has 0 fully saturated rings. The predicted octanol–water partition coefficient (Wildman–Crippen LogP) is 4.61. The number of rotatable bonds is 14. The molecule has 0 aromatic rings. The highest BCUT2D eigenvalue weighted by atomic mass is 16.7. The number of carbonyl (C=O) groups excluding carboxylic acids is 1. The summed E-state index contributed by atoms with van der Waals surface area (Å²) in [5, 5.41) is 0. The summed E-state index contributed by atoms with van der Waals surface area (Å²) >= 11 is 0. The molecule has 0 N–H and O–H groups in total. The molecule has 0 aromatic carbocycles. The van der Waals surface area contributed by atoms with Gasteiger partial charge in [-0.15, -0.1) is 0 Å². The minimum absolute atomic E-state index is 0.187. The molecule has 0 bridgehead atoms. The minimum Gasteiger partial charge on any atom is -0.464 e. The highest BCUT2D eigenvalue weighted by Gasteiger charge is 1.96. The van der Waals surface area contributed by atoms with Gasteiger partial charge in [0.1, 0.15) is 0 Å². The summed E-state index contributed by atoms with van der Waals surface area (Å²) < 4.78 is 10.6. The van der Waals surface area contributed by atoms with Gasteiger partial charge in [0.05, 0.1) is 6.61 Å². The van der Waals surface area contributed by atoms with Crippen LogP contribution in [0.25, 0.3) is 0 Å². The molecule has 0 rings (SSSR count). The highest BCUT2D eigenvalue weighted by Crippen LogP contribution is 2.05. The summed E-state index contributed by atoms with van der Waals surface area (Å²) in [4.78, 5) is 10.8. The van der Waals surface area contributed by atoms with E-state index in [2.05, 4.69) is 13.8 Å². The normalized spacial score (nSPS) is 11.6. The number of aldehydes is 1. The van der Waals surface area contributed by atoms with E-state index in [4.69, 9.17) is 9.47 Å². The summed E-state index contributed by atoms with van der Waals surface area (Å²) in [6.07, 6.45) is 13.1. The van der Waals surface area contributed by atoms with Crippen LogP contribution in [0.15, 0.2) is 11.8 Å². The smallest absolute Gasteiger partial charge is 0.189 e. The Balaban J connectivity index is 3.42. The number of hydrogen-bond acceptors (Lipinski definition) is 3. The number of carbonyl (C=O) groups is 1. The lowest BCUT2D eigenvalue weighted by Crippen LogP contribution is -2.02. The summed E-state index contributed by atoms with van der Waals surface area (Å²) in [6, 6.07) is 0. The third-order valence-electron chi connectivity index (χ3n) is 2.97. The first-order chi connectivity index (χ1) is 9.35. The summed E-state index contributed by atoms with van der Waals surface area (Å²) in [7, 11) is 0. The lowest BCUT2D eigenvalue weighted by Gasteiger charge is -2.06. The maximum absolute atomic E-state index is 10.8. The Kier molecular flexibility index (Phi) is 14.6. The predicted molar refractivity (Wildman–Crippen MR) is 79.0 cm³/mol. The van der Waals surface area contributed by atoms with Crippen molar-refractivity contribution in [3.8, 4) is 0 Å². The van der Waals surface area contributed by atoms with Crippen LogP contribution in [0.3, 0.4) is 0 Å². The zero-order valence-corrected chi connectivity index (χ0v) is 12.7. The topological polar surface area (TPSA) is 35.5 Å². The van der Waals surface area contributed by atoms with Crippen LogP contribution in [-0.4, -0.2) is 19.7 Å². The van der Waals surface area contributed by atoms with E-state index < -0.39 is 0 Å². The first-order valence-electron chi connectivity index (χ1n) is 7.71. The van der Waals surface area contributed by atoms with E-state index in [1.54, 1.807) is 0 Å². The molecule has 0 heterocycles. The molecule has 3 heteroatoms. The van der Waals surface area contributed by atoms with Crippen LogP contribution >= 0.6 is 0 Å². The third kappa shape index (κ3) is 13.4. The van der Waals surface area contributed by atoms with Crippen LogP contribution in [0.4, 0.5) is 0 Å². The zero-order chi connectivity index (χ0) is 14.2. The molecule has 0 spiro atoms. The van der Waals surface area contributed by atoms with Gasteiger partial charge in [-0.25, -0.2) is 0 Å². The van der Waals surface area contributed by atoms with Gasteiger partial charge in [-0.2, -0.15) is 0 Å². The molecule has 3 nitrogen and oxygen atoms in total. The Hall–Kier alpha value is -0.830. The Labute approximate surface area is 118 Å². The second kappa shape index (κ2) is 15.2. The van der Waals surface area contributed by atoms with Crippen LogP contribution in [0, 0.1) is 0 Å². The van der Waals surface area contributed by atoms with Gasteiger partial charge < -0.3 is 9.47 Å². The van der Waals surface area contributed by atoms with Crippen LogP contribution in [0.1, 0.15) is 71.6 Å². The molecule has 0 amide bonds. The van der Waals surface area contributed by atoms with Crippen molar-refractivity contribution in [1.82, 2.24) is 0 Å². The largest absolute Gasteiger partial charge is 0.464 e. The van der Waals surface area contributed by atoms with E-state index in [9.17, 15) is 4.79 Å². The summed E-state index contributed by atoms with van der Waals surface area (Å²) in [5.41, 5.74) is 0. The Morgan fingerprint density at radius 1 is 0.947 bits per heavy atom. The lowest BCUT2D eigenvalue weighted by atomic mass is 10.2. The quantitative estimate of drug-likeness (QED) is 0.152. The van der Waals surface area contributed by atoms with Gasteiger partial charge in [0.15, 0.2) is 18.8 Å². The highest BCUT2D eigenvalue weighted by molar-refractivity contribution is 5.69. The number of allylic oxidation sites excluding steroid dienone is 2. The monoisotopic (exact) mass is 270 g/mol. The number of hydrogen-bond donors (Lipinski definition) is 0. The fourth-order valence-electron chi connectivity index (χ4n) is 1.76. The second-order valence-electron chi connectivity index (χ2n) is 4.80. The Morgan fingerprint density at radius 3 is 2.32 bits per heavy atom. The molecule has 19 heavy (non-hydrogen) atoms. The van der Waals surface area contributed by atoms with Gasteiger partial charge in [0.2, 0.25) is 0 Å². The van der Waals surface area contributed by atoms with E-state index in [0.717, 1.165) is 25.5 Å². The molecule has 0 atom stereocenters. The van der Waals surface area contributed by atoms with Crippen molar-refractivity contribution in [2.75, 3.05) is 13.4 Å². The van der Waals surface area contributed by atoms with Crippen molar-refractivity contribution in [3.05, 3.63) is 11.8 Å². The van der Waals surface area contributed by atoms with Crippen molar-refractivity contribution in [2.24, 2.45) is 0 Å². The average molecular weight is 270 g/mol. The molecule has 0 unspecified atom stereocenters. The zero-order valence-electron chi connectivity index (χ0n) is 12.7. The summed E-state index contributed by atoms with van der Waals surface area (Å²) in [6.45, 7) is 5.27. The van der Waals surface area contributed by atoms with E-state index in [1.165, 1.54) is 38.5 Å². The van der Waals surface area contributed by atoms with Crippen LogP contribution in [-0.2, 0) is 14.3 Å². The van der Waals surface area contributed by atoms with Crippen molar-refractivity contribution >= 4 is 6.29 Å². The maximum Gasteiger partial charge on any atom is 0.189 e. The van der Waals surface area contributed by atoms with E-state index in [0.29, 0.717) is 12.4 Å². The van der Waals surface area contributed by atoms with Crippen molar-refractivity contribution in [3.63, 3.8) is 0 Å². The van der Waals surface area contributed by atoms with Crippen LogP contribution in [0.2, 0.25) is 0 Å². The van der Waals surface area contributed by atoms with Crippen LogP contribution in [0.5, 0.6) is 0 Å². The molecule has 112 valence electrons. The third-order valence-corrected chi connectivity index (χ3v) is 2.97. The fraction of sp³-hybridized carbons (Fsp3) is 0.812. The Morgan fingerprint density at radius 2 is 1.63 bits per heavy atom. The number of unbranched alkanes of at least 4 members (excludes halogenated alkanes) is 7. The van der Waals surface area contributed by atoms with Crippen molar-refractivity contribution < 1.29 is 14.3 Å². The van der Waals surface area contributed by atoms with Crippen molar-refractivity contribution in [1.29, 1.82) is 0 Å². The van der Waals surface area contributed by atoms with Gasteiger partial charge in [0.25, 0.3) is 0 Å². The number of ether oxygens (including phenoxy) is 2. The van der Waals surface area contributed by atoms with Gasteiger partial charge in [-0.05, 0) is 25.3 Å². The first-order valence-corrected chi connectivity index (χ1v) is 7.71. The van der Waals surface area contributed by atoms with Gasteiger partial charge in [-0.1, -0.05) is 52.4 Å². The minimum atomic E-state index is 0.187. The average Bonchev–Trinajstić information content (AvgIpc) is 2.44. The fourth-order valence-corrected chi connectivity index (χ4v) is 1.76. The second-order valence-corrected chi connectivity index (χ2v) is 4.80. The molecule has 0 saturated heterocycles. The SMILES string of the molecule is CCCCC/C=C(\C=O)OCOCCCCCCC. The molecule has 0 saturated carbocycles. The molecule has 0 aliphatic heterocycles.